The molecule has 2 aromatic carbocycles. The van der Waals surface area contributed by atoms with Crippen LogP contribution in [0.3, 0.4) is 0 Å². The molecule has 0 bridgehead atoms. The smallest absolute Gasteiger partial charge is 0.245 e. The van der Waals surface area contributed by atoms with E-state index in [1.165, 1.54) is 6.33 Å². The van der Waals surface area contributed by atoms with E-state index < -0.39 is 0 Å². The molecule has 7 nitrogen and oxygen atoms in total. The zero-order valence-electron chi connectivity index (χ0n) is 17.2. The lowest BCUT2D eigenvalue weighted by Gasteiger charge is -2.20. The first-order chi connectivity index (χ1) is 14.6. The fourth-order valence-electron chi connectivity index (χ4n) is 3.55. The van der Waals surface area contributed by atoms with E-state index in [-0.39, 0.29) is 11.9 Å². The van der Waals surface area contributed by atoms with Gasteiger partial charge in [-0.25, -0.2) is 9.97 Å². The fourth-order valence-corrected chi connectivity index (χ4v) is 3.55. The third-order valence-electron chi connectivity index (χ3n) is 5.29. The van der Waals surface area contributed by atoms with Gasteiger partial charge in [-0.3, -0.25) is 4.79 Å². The molecule has 0 spiro atoms. The van der Waals surface area contributed by atoms with Gasteiger partial charge in [0.25, 0.3) is 0 Å². The van der Waals surface area contributed by atoms with Crippen molar-refractivity contribution in [2.75, 3.05) is 30.9 Å². The highest BCUT2D eigenvalue weighted by atomic mass is 16.5. The van der Waals surface area contributed by atoms with Crippen LogP contribution in [-0.2, 0) is 11.3 Å². The predicted molar refractivity (Wildman–Crippen MR) is 117 cm³/mol. The summed E-state index contributed by atoms with van der Waals surface area (Å²) in [7, 11) is 3.60. The van der Waals surface area contributed by atoms with Crippen LogP contribution in [0.2, 0.25) is 0 Å². The number of para-hydroxylation sites is 1. The SMILES string of the molecule is COc1ccc(CN2CCC(Nc3cc(N(C)c4ccccc4)ncn3)C2=O)cc1. The van der Waals surface area contributed by atoms with Gasteiger partial charge in [0.15, 0.2) is 0 Å². The minimum absolute atomic E-state index is 0.0856. The number of ether oxygens (including phenoxy) is 1. The molecule has 0 radical (unpaired) electrons. The third kappa shape index (κ3) is 4.35. The summed E-state index contributed by atoms with van der Waals surface area (Å²) in [5.74, 6) is 2.31. The van der Waals surface area contributed by atoms with Crippen LogP contribution in [0.1, 0.15) is 12.0 Å². The summed E-state index contributed by atoms with van der Waals surface area (Å²) in [6, 6.07) is 19.4. The Morgan fingerprint density at radius 1 is 1.13 bits per heavy atom. The van der Waals surface area contributed by atoms with Gasteiger partial charge in [-0.05, 0) is 36.2 Å². The van der Waals surface area contributed by atoms with E-state index in [1.807, 2.05) is 77.5 Å². The van der Waals surface area contributed by atoms with Gasteiger partial charge in [0.05, 0.1) is 7.11 Å². The number of aromatic nitrogens is 2. The third-order valence-corrected chi connectivity index (χ3v) is 5.29. The molecule has 1 N–H and O–H groups in total. The summed E-state index contributed by atoms with van der Waals surface area (Å²) in [4.78, 5) is 25.4. The van der Waals surface area contributed by atoms with Crippen LogP contribution in [0.15, 0.2) is 67.0 Å². The first-order valence-electron chi connectivity index (χ1n) is 9.93. The van der Waals surface area contributed by atoms with Crippen molar-refractivity contribution in [3.05, 3.63) is 72.6 Å². The average molecular weight is 403 g/mol. The summed E-state index contributed by atoms with van der Waals surface area (Å²) in [5.41, 5.74) is 2.11. The van der Waals surface area contributed by atoms with Crippen molar-refractivity contribution in [1.29, 1.82) is 0 Å². The summed E-state index contributed by atoms with van der Waals surface area (Å²) in [5, 5.41) is 3.28. The summed E-state index contributed by atoms with van der Waals surface area (Å²) >= 11 is 0. The normalized spacial score (nSPS) is 15.9. The predicted octanol–water partition coefficient (Wildman–Crippen LogP) is 3.47. The van der Waals surface area contributed by atoms with Crippen LogP contribution in [0.4, 0.5) is 17.3 Å². The molecule has 3 aromatic rings. The highest BCUT2D eigenvalue weighted by molar-refractivity contribution is 5.86. The highest BCUT2D eigenvalue weighted by Gasteiger charge is 2.31. The van der Waals surface area contributed by atoms with Gasteiger partial charge in [-0.2, -0.15) is 0 Å². The number of carbonyl (C=O) groups excluding carboxylic acids is 1. The number of nitrogens with zero attached hydrogens (tertiary/aromatic N) is 4. The number of likely N-dealkylation sites (tertiary alicyclic amines) is 1. The number of hydrogen-bond acceptors (Lipinski definition) is 6. The summed E-state index contributed by atoms with van der Waals surface area (Å²) in [6.07, 6.45) is 2.26. The van der Waals surface area contributed by atoms with Gasteiger partial charge in [0.1, 0.15) is 29.8 Å². The largest absolute Gasteiger partial charge is 0.497 e. The Hall–Kier alpha value is -3.61. The van der Waals surface area contributed by atoms with Crippen molar-refractivity contribution in [2.45, 2.75) is 19.0 Å². The zero-order chi connectivity index (χ0) is 20.9. The molecule has 1 aliphatic heterocycles. The molecule has 7 heteroatoms. The van der Waals surface area contributed by atoms with Gasteiger partial charge in [0, 0.05) is 31.9 Å². The molecular formula is C23H25N5O2. The molecule has 1 aliphatic rings. The van der Waals surface area contributed by atoms with Gasteiger partial charge >= 0.3 is 0 Å². The van der Waals surface area contributed by atoms with Crippen molar-refractivity contribution < 1.29 is 9.53 Å². The average Bonchev–Trinajstić information content (AvgIpc) is 3.13. The lowest BCUT2D eigenvalue weighted by molar-refractivity contribution is -0.128. The molecule has 4 rings (SSSR count). The fraction of sp³-hybridized carbons (Fsp3) is 0.261. The Morgan fingerprint density at radius 2 is 1.90 bits per heavy atom. The summed E-state index contributed by atoms with van der Waals surface area (Å²) < 4.78 is 5.19. The number of hydrogen-bond donors (Lipinski definition) is 1. The number of carbonyl (C=O) groups is 1. The number of anilines is 3. The molecule has 1 atom stereocenters. The van der Waals surface area contributed by atoms with E-state index in [0.717, 1.165) is 29.2 Å². The summed E-state index contributed by atoms with van der Waals surface area (Å²) in [6.45, 7) is 1.30. The van der Waals surface area contributed by atoms with Crippen LogP contribution in [-0.4, -0.2) is 47.5 Å². The van der Waals surface area contributed by atoms with Crippen LogP contribution in [0.25, 0.3) is 0 Å². The molecule has 1 saturated heterocycles. The number of nitrogens with one attached hydrogen (secondary N) is 1. The number of rotatable bonds is 7. The Balaban J connectivity index is 1.40. The van der Waals surface area contributed by atoms with E-state index >= 15 is 0 Å². The van der Waals surface area contributed by atoms with Crippen LogP contribution in [0, 0.1) is 0 Å². The van der Waals surface area contributed by atoms with E-state index in [1.54, 1.807) is 7.11 Å². The lowest BCUT2D eigenvalue weighted by atomic mass is 10.2. The van der Waals surface area contributed by atoms with Gasteiger partial charge < -0.3 is 19.9 Å². The second-order valence-electron chi connectivity index (χ2n) is 7.25. The molecule has 1 fully saturated rings. The second kappa shape index (κ2) is 8.82. The minimum atomic E-state index is -0.284. The van der Waals surface area contributed by atoms with Crippen molar-refractivity contribution in [1.82, 2.24) is 14.9 Å². The quantitative estimate of drug-likeness (QED) is 0.651. The topological polar surface area (TPSA) is 70.6 Å². The van der Waals surface area contributed by atoms with E-state index in [4.69, 9.17) is 4.74 Å². The molecule has 1 unspecified atom stereocenters. The van der Waals surface area contributed by atoms with E-state index in [0.29, 0.717) is 18.9 Å². The van der Waals surface area contributed by atoms with Crippen LogP contribution < -0.4 is 15.0 Å². The Bertz CT molecular complexity index is 994. The van der Waals surface area contributed by atoms with Crippen molar-refractivity contribution in [3.63, 3.8) is 0 Å². The van der Waals surface area contributed by atoms with E-state index in [2.05, 4.69) is 15.3 Å². The maximum atomic E-state index is 12.9. The first-order valence-corrected chi connectivity index (χ1v) is 9.93. The molecule has 1 aromatic heterocycles. The number of methoxy groups -OCH3 is 1. The van der Waals surface area contributed by atoms with E-state index in [9.17, 15) is 4.79 Å². The zero-order valence-corrected chi connectivity index (χ0v) is 17.2. The first kappa shape index (κ1) is 19.7. The second-order valence-corrected chi connectivity index (χ2v) is 7.25. The lowest BCUT2D eigenvalue weighted by Crippen LogP contribution is -2.33. The monoisotopic (exact) mass is 403 g/mol. The number of amides is 1. The molecule has 0 saturated carbocycles. The van der Waals surface area contributed by atoms with Crippen LogP contribution >= 0.6 is 0 Å². The molecule has 154 valence electrons. The molecule has 30 heavy (non-hydrogen) atoms. The standard InChI is InChI=1S/C23H25N5O2/c1-27(18-6-4-3-5-7-18)22-14-21(24-16-25-22)26-20-12-13-28(23(20)29)15-17-8-10-19(30-2)11-9-17/h3-11,14,16,20H,12-13,15H2,1-2H3,(H,24,25,26). The maximum Gasteiger partial charge on any atom is 0.245 e. The van der Waals surface area contributed by atoms with Crippen molar-refractivity contribution >= 4 is 23.2 Å². The molecule has 2 heterocycles. The highest BCUT2D eigenvalue weighted by Crippen LogP contribution is 2.24. The Kier molecular flexibility index (Phi) is 5.79. The molecule has 0 aliphatic carbocycles. The Labute approximate surface area is 176 Å². The van der Waals surface area contributed by atoms with Gasteiger partial charge in [-0.1, -0.05) is 30.3 Å². The van der Waals surface area contributed by atoms with Crippen molar-refractivity contribution in [2.24, 2.45) is 0 Å². The van der Waals surface area contributed by atoms with Gasteiger partial charge in [-0.15, -0.1) is 0 Å². The maximum absolute atomic E-state index is 12.9. The Morgan fingerprint density at radius 3 is 2.63 bits per heavy atom. The van der Waals surface area contributed by atoms with Crippen molar-refractivity contribution in [3.8, 4) is 5.75 Å². The molecule has 1 amide bonds. The minimum Gasteiger partial charge on any atom is -0.497 e. The number of benzene rings is 2. The molecular weight excluding hydrogens is 378 g/mol. The van der Waals surface area contributed by atoms with Gasteiger partial charge in [0.2, 0.25) is 5.91 Å². The van der Waals surface area contributed by atoms with Crippen LogP contribution in [0.5, 0.6) is 5.75 Å².